The smallest absolute Gasteiger partial charge is 0.270 e. The van der Waals surface area contributed by atoms with Gasteiger partial charge in [0.05, 0.1) is 0 Å². The van der Waals surface area contributed by atoms with E-state index in [0.717, 1.165) is 11.3 Å². The van der Waals surface area contributed by atoms with Crippen LogP contribution in [0.4, 0.5) is 15.9 Å². The molecule has 3 aromatic rings. The molecule has 1 heterocycles. The van der Waals surface area contributed by atoms with Crippen LogP contribution in [0.25, 0.3) is 0 Å². The number of nitrogens with zero attached hydrogens (tertiary/aromatic N) is 2. The van der Waals surface area contributed by atoms with Crippen molar-refractivity contribution in [3.8, 4) is 0 Å². The summed E-state index contributed by atoms with van der Waals surface area (Å²) in [6, 6.07) is 15.6. The van der Waals surface area contributed by atoms with Gasteiger partial charge in [-0.3, -0.25) is 4.79 Å². The fraction of sp³-hybridized carbons (Fsp3) is 0.190. The van der Waals surface area contributed by atoms with Crippen LogP contribution in [0, 0.1) is 5.82 Å². The Labute approximate surface area is 157 Å². The number of rotatable bonds is 6. The molecule has 5 nitrogen and oxygen atoms in total. The Morgan fingerprint density at radius 1 is 1.04 bits per heavy atom. The lowest BCUT2D eigenvalue weighted by Crippen LogP contribution is -2.24. The Morgan fingerprint density at radius 3 is 2.41 bits per heavy atom. The molecule has 0 atom stereocenters. The van der Waals surface area contributed by atoms with Crippen molar-refractivity contribution in [3.63, 3.8) is 0 Å². The van der Waals surface area contributed by atoms with Gasteiger partial charge in [0.2, 0.25) is 0 Å². The van der Waals surface area contributed by atoms with Crippen LogP contribution in [0.15, 0.2) is 60.9 Å². The highest BCUT2D eigenvalue weighted by Gasteiger charge is 2.09. The van der Waals surface area contributed by atoms with Crippen LogP contribution in [0.2, 0.25) is 0 Å². The van der Waals surface area contributed by atoms with E-state index in [0.29, 0.717) is 18.3 Å². The minimum atomic E-state index is -0.320. The molecule has 3 rings (SSSR count). The molecule has 0 spiro atoms. The maximum absolute atomic E-state index is 12.9. The number of hydrogen-bond acceptors (Lipinski definition) is 4. The van der Waals surface area contributed by atoms with Crippen molar-refractivity contribution >= 4 is 17.4 Å². The average molecular weight is 364 g/mol. The number of aromatic nitrogens is 2. The van der Waals surface area contributed by atoms with E-state index in [1.54, 1.807) is 18.2 Å². The number of benzene rings is 2. The van der Waals surface area contributed by atoms with Crippen LogP contribution in [-0.4, -0.2) is 15.9 Å². The fourth-order valence-corrected chi connectivity index (χ4v) is 2.52. The van der Waals surface area contributed by atoms with E-state index in [-0.39, 0.29) is 17.4 Å². The SMILES string of the molecule is CC(C)c1ccc(Nc2cc(C(=O)NCc3ccc(F)cc3)ncn2)cc1. The second-order valence-electron chi connectivity index (χ2n) is 6.50. The first-order chi connectivity index (χ1) is 13.0. The number of amides is 1. The van der Waals surface area contributed by atoms with Crippen molar-refractivity contribution < 1.29 is 9.18 Å². The van der Waals surface area contributed by atoms with Crippen LogP contribution in [0.1, 0.15) is 41.4 Å². The molecule has 0 saturated carbocycles. The number of anilines is 2. The van der Waals surface area contributed by atoms with Crippen LogP contribution in [-0.2, 0) is 6.54 Å². The Kier molecular flexibility index (Phi) is 5.76. The summed E-state index contributed by atoms with van der Waals surface area (Å²) >= 11 is 0. The number of hydrogen-bond donors (Lipinski definition) is 2. The summed E-state index contributed by atoms with van der Waals surface area (Å²) in [5, 5.41) is 5.94. The zero-order chi connectivity index (χ0) is 19.2. The molecule has 0 fully saturated rings. The molecule has 0 aliphatic heterocycles. The van der Waals surface area contributed by atoms with Crippen molar-refractivity contribution in [2.24, 2.45) is 0 Å². The summed E-state index contributed by atoms with van der Waals surface area (Å²) in [5.41, 5.74) is 3.20. The predicted octanol–water partition coefficient (Wildman–Crippen LogP) is 4.41. The Morgan fingerprint density at radius 2 is 1.74 bits per heavy atom. The topological polar surface area (TPSA) is 66.9 Å². The molecule has 27 heavy (non-hydrogen) atoms. The van der Waals surface area contributed by atoms with Gasteiger partial charge in [0.15, 0.2) is 0 Å². The van der Waals surface area contributed by atoms with Crippen molar-refractivity contribution in [2.75, 3.05) is 5.32 Å². The molecule has 0 unspecified atom stereocenters. The molecule has 2 N–H and O–H groups in total. The van der Waals surface area contributed by atoms with Crippen LogP contribution < -0.4 is 10.6 Å². The van der Waals surface area contributed by atoms with E-state index in [1.807, 2.05) is 12.1 Å². The number of carbonyl (C=O) groups is 1. The lowest BCUT2D eigenvalue weighted by Gasteiger charge is -2.10. The van der Waals surface area contributed by atoms with Gasteiger partial charge in [0.1, 0.15) is 23.7 Å². The van der Waals surface area contributed by atoms with E-state index in [2.05, 4.69) is 46.6 Å². The molecule has 6 heteroatoms. The summed E-state index contributed by atoms with van der Waals surface area (Å²) in [5.74, 6) is 0.377. The van der Waals surface area contributed by atoms with Gasteiger partial charge in [-0.2, -0.15) is 0 Å². The Hall–Kier alpha value is -3.28. The van der Waals surface area contributed by atoms with E-state index < -0.39 is 0 Å². The number of nitrogens with one attached hydrogen (secondary N) is 2. The second kappa shape index (κ2) is 8.40. The lowest BCUT2D eigenvalue weighted by molar-refractivity contribution is 0.0946. The highest BCUT2D eigenvalue weighted by Crippen LogP contribution is 2.19. The van der Waals surface area contributed by atoms with Crippen molar-refractivity contribution in [1.82, 2.24) is 15.3 Å². The summed E-state index contributed by atoms with van der Waals surface area (Å²) < 4.78 is 12.9. The predicted molar refractivity (Wildman–Crippen MR) is 103 cm³/mol. The van der Waals surface area contributed by atoms with Gasteiger partial charge in [-0.05, 0) is 41.3 Å². The standard InChI is InChI=1S/C21H21FN4O/c1-14(2)16-5-9-18(10-6-16)26-20-11-19(24-13-25-20)21(27)23-12-15-3-7-17(22)8-4-15/h3-11,13-14H,12H2,1-2H3,(H,23,27)(H,24,25,26). The maximum atomic E-state index is 12.9. The molecule has 0 aliphatic carbocycles. The van der Waals surface area contributed by atoms with Crippen molar-refractivity contribution in [3.05, 3.63) is 83.6 Å². The number of halogens is 1. The molecule has 1 amide bonds. The van der Waals surface area contributed by atoms with E-state index in [9.17, 15) is 9.18 Å². The molecular formula is C21H21FN4O. The monoisotopic (exact) mass is 364 g/mol. The maximum Gasteiger partial charge on any atom is 0.270 e. The molecular weight excluding hydrogens is 343 g/mol. The molecule has 1 aromatic heterocycles. The zero-order valence-electron chi connectivity index (χ0n) is 15.2. The van der Waals surface area contributed by atoms with Crippen LogP contribution >= 0.6 is 0 Å². The van der Waals surface area contributed by atoms with Crippen molar-refractivity contribution in [1.29, 1.82) is 0 Å². The minimum absolute atomic E-state index is 0.258. The number of carbonyl (C=O) groups excluding carboxylic acids is 1. The third-order valence-corrected chi connectivity index (χ3v) is 4.12. The highest BCUT2D eigenvalue weighted by atomic mass is 19.1. The summed E-state index contributed by atoms with van der Waals surface area (Å²) in [7, 11) is 0. The molecule has 0 bridgehead atoms. The summed E-state index contributed by atoms with van der Waals surface area (Å²) in [6.07, 6.45) is 1.34. The second-order valence-corrected chi connectivity index (χ2v) is 6.50. The first-order valence-electron chi connectivity index (χ1n) is 8.73. The Balaban J connectivity index is 1.63. The van der Waals surface area contributed by atoms with Crippen molar-refractivity contribution in [2.45, 2.75) is 26.3 Å². The third kappa shape index (κ3) is 5.10. The van der Waals surface area contributed by atoms with E-state index >= 15 is 0 Å². The molecule has 0 radical (unpaired) electrons. The van der Waals surface area contributed by atoms with Gasteiger partial charge in [0, 0.05) is 18.3 Å². The van der Waals surface area contributed by atoms with Gasteiger partial charge in [0.25, 0.3) is 5.91 Å². The van der Waals surface area contributed by atoms with Crippen LogP contribution in [0.5, 0.6) is 0 Å². The molecule has 0 saturated heterocycles. The quantitative estimate of drug-likeness (QED) is 0.680. The molecule has 2 aromatic carbocycles. The third-order valence-electron chi connectivity index (χ3n) is 4.12. The molecule has 0 aliphatic rings. The van der Waals surface area contributed by atoms with Gasteiger partial charge >= 0.3 is 0 Å². The summed E-state index contributed by atoms with van der Waals surface area (Å²) in [6.45, 7) is 4.58. The lowest BCUT2D eigenvalue weighted by atomic mass is 10.0. The van der Waals surface area contributed by atoms with Crippen LogP contribution in [0.3, 0.4) is 0 Å². The normalized spacial score (nSPS) is 10.7. The highest BCUT2D eigenvalue weighted by molar-refractivity contribution is 5.92. The van der Waals surface area contributed by atoms with Gasteiger partial charge in [-0.15, -0.1) is 0 Å². The van der Waals surface area contributed by atoms with Gasteiger partial charge < -0.3 is 10.6 Å². The first kappa shape index (κ1) is 18.5. The fourth-order valence-electron chi connectivity index (χ4n) is 2.52. The zero-order valence-corrected chi connectivity index (χ0v) is 15.2. The van der Waals surface area contributed by atoms with Gasteiger partial charge in [-0.25, -0.2) is 14.4 Å². The Bertz CT molecular complexity index is 908. The molecule has 138 valence electrons. The van der Waals surface area contributed by atoms with E-state index in [4.69, 9.17) is 0 Å². The van der Waals surface area contributed by atoms with Gasteiger partial charge in [-0.1, -0.05) is 38.1 Å². The van der Waals surface area contributed by atoms with E-state index in [1.165, 1.54) is 24.0 Å². The largest absolute Gasteiger partial charge is 0.347 e. The summed E-state index contributed by atoms with van der Waals surface area (Å²) in [4.78, 5) is 20.5. The first-order valence-corrected chi connectivity index (χ1v) is 8.73. The minimum Gasteiger partial charge on any atom is -0.347 e. The average Bonchev–Trinajstić information content (AvgIpc) is 2.68.